The minimum absolute atomic E-state index is 0.260. The van der Waals surface area contributed by atoms with Gasteiger partial charge in [-0.05, 0) is 6.92 Å². The molecule has 0 bridgehead atoms. The fraction of sp³-hybridized carbons (Fsp3) is 0.286. The molecular formula is C7H9N3. The Morgan fingerprint density at radius 3 is 3.00 bits per heavy atom. The van der Waals surface area contributed by atoms with E-state index in [1.165, 1.54) is 6.34 Å². The van der Waals surface area contributed by atoms with Gasteiger partial charge >= 0.3 is 0 Å². The summed E-state index contributed by atoms with van der Waals surface area (Å²) in [5.41, 5.74) is 0.535. The van der Waals surface area contributed by atoms with Crippen LogP contribution in [0.15, 0.2) is 22.3 Å². The summed E-state index contributed by atoms with van der Waals surface area (Å²) in [5, 5.41) is 8.17. The van der Waals surface area contributed by atoms with Crippen molar-refractivity contribution in [2.24, 2.45) is 9.98 Å². The second kappa shape index (κ2) is 5.70. The van der Waals surface area contributed by atoms with Crippen LogP contribution in [0, 0.1) is 11.3 Å². The van der Waals surface area contributed by atoms with Crippen LogP contribution in [0.2, 0.25) is 0 Å². The molecule has 0 atom stereocenters. The summed E-state index contributed by atoms with van der Waals surface area (Å²) < 4.78 is 0. The molecule has 0 unspecified atom stereocenters. The van der Waals surface area contributed by atoms with Gasteiger partial charge < -0.3 is 0 Å². The molecule has 0 saturated heterocycles. The molecule has 0 N–H and O–H groups in total. The van der Waals surface area contributed by atoms with E-state index in [2.05, 4.69) is 16.6 Å². The third-order valence-corrected chi connectivity index (χ3v) is 0.739. The predicted molar refractivity (Wildman–Crippen MR) is 42.0 cm³/mol. The summed E-state index contributed by atoms with van der Waals surface area (Å²) in [4.78, 5) is 7.47. The van der Waals surface area contributed by atoms with Crippen LogP contribution < -0.4 is 0 Å². The summed E-state index contributed by atoms with van der Waals surface area (Å²) in [6.07, 6.45) is 3.25. The number of hydrogen-bond acceptors (Lipinski definition) is 2. The molecule has 0 aromatic heterocycles. The summed E-state index contributed by atoms with van der Waals surface area (Å²) in [7, 11) is 0. The van der Waals surface area contributed by atoms with E-state index in [1.807, 2.05) is 6.07 Å². The lowest BCUT2D eigenvalue weighted by Gasteiger charge is -1.84. The first-order chi connectivity index (χ1) is 4.81. The molecule has 0 amide bonds. The number of aliphatic imine (C=N–C) groups is 2. The van der Waals surface area contributed by atoms with Crippen LogP contribution >= 0.6 is 0 Å². The predicted octanol–water partition coefficient (Wildman–Crippen LogP) is 1.53. The lowest BCUT2D eigenvalue weighted by Crippen LogP contribution is -1.73. The normalized spacial score (nSPS) is 10.4. The third kappa shape index (κ3) is 4.72. The Morgan fingerprint density at radius 2 is 2.50 bits per heavy atom. The molecule has 0 fully saturated rings. The van der Waals surface area contributed by atoms with Crippen molar-refractivity contribution in [3.05, 3.63) is 12.3 Å². The van der Waals surface area contributed by atoms with E-state index in [-0.39, 0.29) is 6.42 Å². The molecule has 0 spiro atoms. The van der Waals surface area contributed by atoms with E-state index in [0.717, 1.165) is 0 Å². The second-order valence-electron chi connectivity index (χ2n) is 1.55. The van der Waals surface area contributed by atoms with Gasteiger partial charge in [-0.15, -0.1) is 0 Å². The van der Waals surface area contributed by atoms with Crippen LogP contribution in [0.5, 0.6) is 0 Å². The van der Waals surface area contributed by atoms with Crippen molar-refractivity contribution in [3.8, 4) is 6.07 Å². The maximum atomic E-state index is 8.17. The average Bonchev–Trinajstić information content (AvgIpc) is 1.89. The quantitative estimate of drug-likeness (QED) is 0.427. The summed E-state index contributed by atoms with van der Waals surface area (Å²) in [6.45, 7) is 5.31. The monoisotopic (exact) mass is 135 g/mol. The first-order valence-corrected chi connectivity index (χ1v) is 2.86. The zero-order valence-electron chi connectivity index (χ0n) is 5.91. The lowest BCUT2D eigenvalue weighted by molar-refractivity contribution is 1.18. The second-order valence-corrected chi connectivity index (χ2v) is 1.55. The molecule has 0 radical (unpaired) electrons. The van der Waals surface area contributed by atoms with Crippen molar-refractivity contribution in [2.75, 3.05) is 0 Å². The maximum Gasteiger partial charge on any atom is 0.115 e. The molecule has 0 rings (SSSR count). The Kier molecular flexibility index (Phi) is 4.89. The summed E-state index contributed by atoms with van der Waals surface area (Å²) >= 11 is 0. The fourth-order valence-electron chi connectivity index (χ4n) is 0.319. The van der Waals surface area contributed by atoms with Gasteiger partial charge in [0, 0.05) is 11.9 Å². The van der Waals surface area contributed by atoms with Gasteiger partial charge in [-0.2, -0.15) is 5.26 Å². The Morgan fingerprint density at radius 1 is 1.80 bits per heavy atom. The molecule has 52 valence electrons. The Balaban J connectivity index is 3.69. The van der Waals surface area contributed by atoms with E-state index in [1.54, 1.807) is 13.1 Å². The molecule has 3 heteroatoms. The van der Waals surface area contributed by atoms with Gasteiger partial charge in [0.25, 0.3) is 0 Å². The molecule has 0 heterocycles. The van der Waals surface area contributed by atoms with Gasteiger partial charge in [0.05, 0.1) is 12.5 Å². The minimum Gasteiger partial charge on any atom is -0.250 e. The average molecular weight is 135 g/mol. The molecule has 0 aromatic carbocycles. The highest BCUT2D eigenvalue weighted by Gasteiger charge is 1.83. The van der Waals surface area contributed by atoms with Crippen LogP contribution in [0.4, 0.5) is 0 Å². The Bertz CT molecular complexity index is 195. The van der Waals surface area contributed by atoms with Crippen LogP contribution in [-0.4, -0.2) is 12.6 Å². The van der Waals surface area contributed by atoms with E-state index >= 15 is 0 Å². The maximum absolute atomic E-state index is 8.17. The van der Waals surface area contributed by atoms with Gasteiger partial charge in [0.15, 0.2) is 0 Å². The fourth-order valence-corrected chi connectivity index (χ4v) is 0.319. The SMILES string of the molecule is C=C(CC#N)/N=C\N=C/C. The molecule has 0 aliphatic rings. The number of nitrogens with zero attached hydrogens (tertiary/aromatic N) is 3. The lowest BCUT2D eigenvalue weighted by atomic mass is 10.4. The van der Waals surface area contributed by atoms with Crippen LogP contribution in [0.1, 0.15) is 13.3 Å². The van der Waals surface area contributed by atoms with Gasteiger partial charge in [-0.25, -0.2) is 9.98 Å². The van der Waals surface area contributed by atoms with Crippen LogP contribution in [0.25, 0.3) is 0 Å². The van der Waals surface area contributed by atoms with Gasteiger partial charge in [-0.1, -0.05) is 6.58 Å². The molecule has 0 saturated carbocycles. The summed E-state index contributed by atoms with van der Waals surface area (Å²) in [6, 6.07) is 1.93. The first-order valence-electron chi connectivity index (χ1n) is 2.86. The molecule has 0 aliphatic carbocycles. The topological polar surface area (TPSA) is 48.5 Å². The number of allylic oxidation sites excluding steroid dienone is 1. The zero-order valence-corrected chi connectivity index (χ0v) is 5.91. The molecule has 3 nitrogen and oxygen atoms in total. The van der Waals surface area contributed by atoms with Crippen molar-refractivity contribution in [3.63, 3.8) is 0 Å². The Labute approximate surface area is 60.4 Å². The summed E-state index contributed by atoms with van der Waals surface area (Å²) in [5.74, 6) is 0. The number of nitriles is 1. The highest BCUT2D eigenvalue weighted by Crippen LogP contribution is 1.95. The van der Waals surface area contributed by atoms with Gasteiger partial charge in [0.2, 0.25) is 0 Å². The standard InChI is InChI=1S/C7H9N3/c1-3-9-6-10-7(2)4-5-8/h3,6H,2,4H2,1H3/b9-3-,10-6-. The van der Waals surface area contributed by atoms with Crippen molar-refractivity contribution in [1.82, 2.24) is 0 Å². The van der Waals surface area contributed by atoms with Gasteiger partial charge in [-0.3, -0.25) is 0 Å². The zero-order chi connectivity index (χ0) is 7.82. The van der Waals surface area contributed by atoms with Crippen LogP contribution in [0.3, 0.4) is 0 Å². The highest BCUT2D eigenvalue weighted by atomic mass is 14.8. The number of rotatable bonds is 3. The molecule has 0 aromatic rings. The highest BCUT2D eigenvalue weighted by molar-refractivity contribution is 5.71. The van der Waals surface area contributed by atoms with Crippen molar-refractivity contribution in [1.29, 1.82) is 5.26 Å². The Hall–Kier alpha value is -1.43. The molecule has 10 heavy (non-hydrogen) atoms. The smallest absolute Gasteiger partial charge is 0.115 e. The van der Waals surface area contributed by atoms with Crippen molar-refractivity contribution in [2.45, 2.75) is 13.3 Å². The molecular weight excluding hydrogens is 126 g/mol. The van der Waals surface area contributed by atoms with E-state index in [9.17, 15) is 0 Å². The minimum atomic E-state index is 0.260. The largest absolute Gasteiger partial charge is 0.250 e. The third-order valence-electron chi connectivity index (χ3n) is 0.739. The van der Waals surface area contributed by atoms with Crippen molar-refractivity contribution >= 4 is 12.6 Å². The van der Waals surface area contributed by atoms with E-state index < -0.39 is 0 Å². The number of hydrogen-bond donors (Lipinski definition) is 0. The van der Waals surface area contributed by atoms with E-state index in [0.29, 0.717) is 5.70 Å². The van der Waals surface area contributed by atoms with Gasteiger partial charge in [0.1, 0.15) is 6.34 Å². The first kappa shape index (κ1) is 8.57. The molecule has 0 aliphatic heterocycles. The van der Waals surface area contributed by atoms with E-state index in [4.69, 9.17) is 5.26 Å². The van der Waals surface area contributed by atoms with Crippen molar-refractivity contribution < 1.29 is 0 Å². The van der Waals surface area contributed by atoms with Crippen LogP contribution in [-0.2, 0) is 0 Å².